The average Bonchev–Trinajstić information content (AvgIpc) is 2.68. The number of para-hydroxylation sites is 1. The predicted octanol–water partition coefficient (Wildman–Crippen LogP) is 1.71. The van der Waals surface area contributed by atoms with Crippen LogP contribution >= 0.6 is 0 Å². The van der Waals surface area contributed by atoms with Crippen molar-refractivity contribution in [3.63, 3.8) is 0 Å². The first kappa shape index (κ1) is 19.6. The molecule has 152 valence electrons. The first-order valence-electron chi connectivity index (χ1n) is 9.00. The molecule has 0 amide bonds. The summed E-state index contributed by atoms with van der Waals surface area (Å²) in [6.45, 7) is 1.43. The van der Waals surface area contributed by atoms with Gasteiger partial charge >= 0.3 is 0 Å². The molecule has 0 atom stereocenters. The third kappa shape index (κ3) is 3.91. The van der Waals surface area contributed by atoms with E-state index in [0.717, 1.165) is 12.1 Å². The van der Waals surface area contributed by atoms with E-state index in [9.17, 15) is 22.0 Å². The molecule has 29 heavy (non-hydrogen) atoms. The molecule has 1 N–H and O–H groups in total. The van der Waals surface area contributed by atoms with Crippen LogP contribution in [0.15, 0.2) is 52.2 Å². The molecule has 1 aliphatic heterocycles. The molecule has 0 aliphatic carbocycles. The van der Waals surface area contributed by atoms with E-state index in [1.807, 2.05) is 4.90 Å². The lowest BCUT2D eigenvalue weighted by molar-refractivity contribution is 0.178. The molecule has 1 saturated heterocycles. The number of nitrogens with one attached hydrogen (secondary N) is 1. The summed E-state index contributed by atoms with van der Waals surface area (Å²) in [6.07, 6.45) is 0. The molecule has 0 spiro atoms. The number of nitrogens with zero attached hydrogens (tertiary/aromatic N) is 3. The maximum atomic E-state index is 13.9. The second-order valence-electron chi connectivity index (χ2n) is 6.78. The highest BCUT2D eigenvalue weighted by atomic mass is 32.2. The molecule has 4 rings (SSSR count). The minimum Gasteiger partial charge on any atom is -0.309 e. The fourth-order valence-corrected chi connectivity index (χ4v) is 4.84. The van der Waals surface area contributed by atoms with Crippen molar-refractivity contribution in [2.75, 3.05) is 26.2 Å². The third-order valence-corrected chi connectivity index (χ3v) is 6.81. The van der Waals surface area contributed by atoms with Gasteiger partial charge in [0.2, 0.25) is 10.0 Å². The van der Waals surface area contributed by atoms with Crippen LogP contribution in [-0.2, 0) is 16.6 Å². The van der Waals surface area contributed by atoms with Crippen LogP contribution in [0.3, 0.4) is 0 Å². The predicted molar refractivity (Wildman–Crippen MR) is 103 cm³/mol. The van der Waals surface area contributed by atoms with Crippen LogP contribution in [0.25, 0.3) is 10.9 Å². The number of piperazine rings is 1. The number of hydrogen-bond donors (Lipinski definition) is 1. The van der Waals surface area contributed by atoms with Crippen LogP contribution in [0.4, 0.5) is 8.78 Å². The monoisotopic (exact) mass is 420 g/mol. The van der Waals surface area contributed by atoms with Crippen LogP contribution < -0.4 is 5.56 Å². The zero-order chi connectivity index (χ0) is 20.6. The summed E-state index contributed by atoms with van der Waals surface area (Å²) in [7, 11) is -4.05. The lowest BCUT2D eigenvalue weighted by atomic mass is 10.2. The smallest absolute Gasteiger partial charge is 0.258 e. The van der Waals surface area contributed by atoms with Gasteiger partial charge in [0.25, 0.3) is 5.56 Å². The Kier molecular flexibility index (Phi) is 5.15. The zero-order valence-corrected chi connectivity index (χ0v) is 16.1. The molecule has 7 nitrogen and oxygen atoms in total. The summed E-state index contributed by atoms with van der Waals surface area (Å²) in [5.74, 6) is -1.44. The topological polar surface area (TPSA) is 86.4 Å². The molecule has 10 heteroatoms. The van der Waals surface area contributed by atoms with E-state index in [-0.39, 0.29) is 18.6 Å². The Balaban J connectivity index is 1.46. The highest BCUT2D eigenvalue weighted by molar-refractivity contribution is 7.89. The van der Waals surface area contributed by atoms with Crippen molar-refractivity contribution in [1.29, 1.82) is 0 Å². The van der Waals surface area contributed by atoms with Crippen molar-refractivity contribution in [3.05, 3.63) is 70.3 Å². The van der Waals surface area contributed by atoms with Gasteiger partial charge in [0.1, 0.15) is 22.4 Å². The fraction of sp³-hybridized carbons (Fsp3) is 0.263. The number of halogens is 2. The van der Waals surface area contributed by atoms with Gasteiger partial charge in [-0.3, -0.25) is 9.69 Å². The van der Waals surface area contributed by atoms with E-state index < -0.39 is 26.6 Å². The molecule has 0 bridgehead atoms. The van der Waals surface area contributed by atoms with Crippen LogP contribution in [0.1, 0.15) is 5.82 Å². The van der Waals surface area contributed by atoms with E-state index in [2.05, 4.69) is 9.97 Å². The summed E-state index contributed by atoms with van der Waals surface area (Å²) >= 11 is 0. The number of benzene rings is 2. The van der Waals surface area contributed by atoms with E-state index in [1.54, 1.807) is 24.3 Å². The number of aromatic amines is 1. The van der Waals surface area contributed by atoms with Gasteiger partial charge in [-0.05, 0) is 24.3 Å². The zero-order valence-electron chi connectivity index (χ0n) is 15.3. The van der Waals surface area contributed by atoms with Gasteiger partial charge in [-0.1, -0.05) is 12.1 Å². The molecule has 1 aliphatic rings. The van der Waals surface area contributed by atoms with Crippen LogP contribution in [-0.4, -0.2) is 53.8 Å². The molecule has 1 fully saturated rings. The summed E-state index contributed by atoms with van der Waals surface area (Å²) in [4.78, 5) is 20.8. The maximum absolute atomic E-state index is 13.9. The molecule has 0 radical (unpaired) electrons. The van der Waals surface area contributed by atoms with E-state index in [1.165, 1.54) is 4.31 Å². The molecule has 1 aromatic heterocycles. The molecular weight excluding hydrogens is 402 g/mol. The molecule has 3 aromatic rings. The Bertz CT molecular complexity index is 1220. The van der Waals surface area contributed by atoms with Gasteiger partial charge in [-0.15, -0.1) is 0 Å². The van der Waals surface area contributed by atoms with E-state index in [4.69, 9.17) is 0 Å². The Morgan fingerprint density at radius 1 is 1.03 bits per heavy atom. The Morgan fingerprint density at radius 3 is 2.48 bits per heavy atom. The van der Waals surface area contributed by atoms with Crippen molar-refractivity contribution < 1.29 is 17.2 Å². The first-order chi connectivity index (χ1) is 13.8. The standard InChI is InChI=1S/C19H18F2N4O3S/c20-13-5-6-17(15(21)11-13)29(27,28)25-9-7-24(8-10-25)12-18-22-16-4-2-1-3-14(16)19(26)23-18/h1-6,11H,7-10,12H2,(H,22,23,26). The number of aromatic nitrogens is 2. The molecular formula is C19H18F2N4O3S. The van der Waals surface area contributed by atoms with Gasteiger partial charge < -0.3 is 4.98 Å². The largest absolute Gasteiger partial charge is 0.309 e. The normalized spacial score (nSPS) is 16.3. The molecule has 0 unspecified atom stereocenters. The van der Waals surface area contributed by atoms with Gasteiger partial charge in [0.05, 0.1) is 17.4 Å². The first-order valence-corrected chi connectivity index (χ1v) is 10.4. The summed E-state index contributed by atoms with van der Waals surface area (Å²) < 4.78 is 53.5. The lowest BCUT2D eigenvalue weighted by Gasteiger charge is -2.33. The van der Waals surface area contributed by atoms with Crippen molar-refractivity contribution in [3.8, 4) is 0 Å². The quantitative estimate of drug-likeness (QED) is 0.695. The second-order valence-corrected chi connectivity index (χ2v) is 8.69. The van der Waals surface area contributed by atoms with Crippen LogP contribution in [0.2, 0.25) is 0 Å². The fourth-order valence-electron chi connectivity index (χ4n) is 3.37. The maximum Gasteiger partial charge on any atom is 0.258 e. The van der Waals surface area contributed by atoms with Crippen molar-refractivity contribution in [2.24, 2.45) is 0 Å². The number of rotatable bonds is 4. The van der Waals surface area contributed by atoms with Crippen molar-refractivity contribution in [1.82, 2.24) is 19.2 Å². The summed E-state index contributed by atoms with van der Waals surface area (Å²) in [6, 6.07) is 9.45. The van der Waals surface area contributed by atoms with Crippen LogP contribution in [0.5, 0.6) is 0 Å². The average molecular weight is 420 g/mol. The van der Waals surface area contributed by atoms with Gasteiger partial charge in [-0.2, -0.15) is 4.31 Å². The minimum atomic E-state index is -4.05. The van der Waals surface area contributed by atoms with Crippen molar-refractivity contribution >= 4 is 20.9 Å². The highest BCUT2D eigenvalue weighted by Gasteiger charge is 2.31. The third-order valence-electron chi connectivity index (χ3n) is 4.88. The van der Waals surface area contributed by atoms with E-state index in [0.29, 0.717) is 42.4 Å². The summed E-state index contributed by atoms with van der Waals surface area (Å²) in [5.41, 5.74) is 0.373. The van der Waals surface area contributed by atoms with Crippen molar-refractivity contribution in [2.45, 2.75) is 11.4 Å². The minimum absolute atomic E-state index is 0.150. The SMILES string of the molecule is O=c1[nH]c(CN2CCN(S(=O)(=O)c3ccc(F)cc3F)CC2)nc2ccccc12. The lowest BCUT2D eigenvalue weighted by Crippen LogP contribution is -2.48. The molecule has 2 heterocycles. The van der Waals surface area contributed by atoms with Gasteiger partial charge in [0.15, 0.2) is 0 Å². The number of H-pyrrole nitrogens is 1. The number of sulfonamides is 1. The number of hydrogen-bond acceptors (Lipinski definition) is 5. The van der Waals surface area contributed by atoms with E-state index >= 15 is 0 Å². The Hall–Kier alpha value is -2.69. The Morgan fingerprint density at radius 2 is 1.76 bits per heavy atom. The molecule has 0 saturated carbocycles. The second kappa shape index (κ2) is 7.62. The Labute approximate surface area is 165 Å². The summed E-state index contributed by atoms with van der Waals surface area (Å²) in [5, 5.41) is 0.508. The van der Waals surface area contributed by atoms with Crippen LogP contribution in [0, 0.1) is 11.6 Å². The van der Waals surface area contributed by atoms with Gasteiger partial charge in [-0.25, -0.2) is 22.2 Å². The number of fused-ring (bicyclic) bond motifs is 1. The highest BCUT2D eigenvalue weighted by Crippen LogP contribution is 2.21. The molecule has 2 aromatic carbocycles. The van der Waals surface area contributed by atoms with Gasteiger partial charge in [0, 0.05) is 32.2 Å².